The number of halogens is 2. The van der Waals surface area contributed by atoms with E-state index in [4.69, 9.17) is 32.7 Å². The Kier molecular flexibility index (Phi) is 3.81. The van der Waals surface area contributed by atoms with E-state index in [2.05, 4.69) is 0 Å². The van der Waals surface area contributed by atoms with Crippen LogP contribution in [0, 0.1) is 5.41 Å². The third kappa shape index (κ3) is 2.72. The van der Waals surface area contributed by atoms with E-state index in [1.165, 1.54) is 0 Å². The Labute approximate surface area is 155 Å². The number of carbonyl (C=O) groups is 2. The number of hydrogen-bond donors (Lipinski definition) is 0. The molecule has 0 aromatic heterocycles. The summed E-state index contributed by atoms with van der Waals surface area (Å²) in [5, 5.41) is 0. The summed E-state index contributed by atoms with van der Waals surface area (Å²) in [6.45, 7) is 3.89. The van der Waals surface area contributed by atoms with E-state index in [0.717, 1.165) is 0 Å². The van der Waals surface area contributed by atoms with Gasteiger partial charge in [-0.3, -0.25) is 9.59 Å². The van der Waals surface area contributed by atoms with E-state index in [1.54, 1.807) is 34.9 Å². The fourth-order valence-electron chi connectivity index (χ4n) is 3.31. The summed E-state index contributed by atoms with van der Waals surface area (Å²) in [4.78, 5) is 28.8. The van der Waals surface area contributed by atoms with Crippen molar-refractivity contribution in [3.05, 3.63) is 23.8 Å². The molecule has 1 saturated heterocycles. The normalized spacial score (nSPS) is 26.5. The number of fused-ring (bicyclic) bond motifs is 1. The van der Waals surface area contributed by atoms with Gasteiger partial charge >= 0.3 is 0 Å². The van der Waals surface area contributed by atoms with Crippen molar-refractivity contribution < 1.29 is 19.1 Å². The van der Waals surface area contributed by atoms with Crippen LogP contribution in [0.25, 0.3) is 0 Å². The molecule has 134 valence electrons. The highest BCUT2D eigenvalue weighted by Gasteiger charge is 2.68. The van der Waals surface area contributed by atoms with Gasteiger partial charge < -0.3 is 19.3 Å². The van der Waals surface area contributed by atoms with Crippen LogP contribution in [0.5, 0.6) is 11.5 Å². The average Bonchev–Trinajstić information content (AvgIpc) is 2.96. The van der Waals surface area contributed by atoms with Gasteiger partial charge in [0.1, 0.15) is 4.33 Å². The van der Waals surface area contributed by atoms with Crippen molar-refractivity contribution in [3.63, 3.8) is 0 Å². The fraction of sp³-hybridized carbons (Fsp3) is 0.529. The predicted molar refractivity (Wildman–Crippen MR) is 92.2 cm³/mol. The summed E-state index contributed by atoms with van der Waals surface area (Å²) in [5.74, 6) is 1.12. The zero-order valence-corrected chi connectivity index (χ0v) is 15.3. The molecule has 0 bridgehead atoms. The molecule has 1 atom stereocenters. The third-order valence-corrected chi connectivity index (χ3v) is 6.30. The van der Waals surface area contributed by atoms with Gasteiger partial charge in [0.2, 0.25) is 12.7 Å². The SMILES string of the molecule is CC1(C(=O)N2CCN(C(=O)c3ccc4c(c3)OCO4)CC2)CC1(Cl)Cl. The van der Waals surface area contributed by atoms with Crippen LogP contribution < -0.4 is 9.47 Å². The lowest BCUT2D eigenvalue weighted by Crippen LogP contribution is -2.52. The van der Waals surface area contributed by atoms with Crippen LogP contribution in [0.15, 0.2) is 18.2 Å². The zero-order valence-electron chi connectivity index (χ0n) is 13.8. The standard InChI is InChI=1S/C17H18Cl2N2O4/c1-16(9-17(16,18)19)15(23)21-6-4-20(5-7-21)14(22)11-2-3-12-13(8-11)25-10-24-12/h2-3,8H,4-7,9-10H2,1H3. The smallest absolute Gasteiger partial charge is 0.254 e. The molecule has 1 aliphatic carbocycles. The van der Waals surface area contributed by atoms with Crippen LogP contribution in [0.4, 0.5) is 0 Å². The molecule has 8 heteroatoms. The van der Waals surface area contributed by atoms with Gasteiger partial charge in [-0.1, -0.05) is 0 Å². The molecule has 2 amide bonds. The van der Waals surface area contributed by atoms with E-state index in [1.807, 2.05) is 0 Å². The first-order valence-corrected chi connectivity index (χ1v) is 8.94. The molecule has 0 N–H and O–H groups in total. The van der Waals surface area contributed by atoms with Gasteiger partial charge in [0.05, 0.1) is 5.41 Å². The van der Waals surface area contributed by atoms with E-state index >= 15 is 0 Å². The second kappa shape index (κ2) is 5.68. The predicted octanol–water partition coefficient (Wildman–Crippen LogP) is 2.28. The van der Waals surface area contributed by atoms with Crippen molar-refractivity contribution in [2.45, 2.75) is 17.7 Å². The summed E-state index contributed by atoms with van der Waals surface area (Å²) in [5.41, 5.74) is -0.154. The number of benzene rings is 1. The highest BCUT2D eigenvalue weighted by atomic mass is 35.5. The van der Waals surface area contributed by atoms with E-state index in [9.17, 15) is 9.59 Å². The number of ether oxygens (including phenoxy) is 2. The topological polar surface area (TPSA) is 59.1 Å². The van der Waals surface area contributed by atoms with E-state index in [0.29, 0.717) is 49.7 Å². The average molecular weight is 385 g/mol. The lowest BCUT2D eigenvalue weighted by Gasteiger charge is -2.36. The van der Waals surface area contributed by atoms with Gasteiger partial charge in [0.25, 0.3) is 5.91 Å². The monoisotopic (exact) mass is 384 g/mol. The Morgan fingerprint density at radius 3 is 2.28 bits per heavy atom. The zero-order chi connectivity index (χ0) is 17.8. The molecule has 4 rings (SSSR count). The number of hydrogen-bond acceptors (Lipinski definition) is 4. The first-order chi connectivity index (χ1) is 11.8. The molecule has 1 aromatic carbocycles. The molecule has 25 heavy (non-hydrogen) atoms. The number of amides is 2. The van der Waals surface area contributed by atoms with Crippen molar-refractivity contribution in [2.24, 2.45) is 5.41 Å². The third-order valence-electron chi connectivity index (χ3n) is 5.20. The molecule has 1 saturated carbocycles. The van der Waals surface area contributed by atoms with Gasteiger partial charge in [-0.25, -0.2) is 0 Å². The number of carbonyl (C=O) groups excluding carboxylic acids is 2. The van der Waals surface area contributed by atoms with Crippen LogP contribution in [0.1, 0.15) is 23.7 Å². The first kappa shape index (κ1) is 16.8. The van der Waals surface area contributed by atoms with Gasteiger partial charge in [0.15, 0.2) is 11.5 Å². The molecular formula is C17H18Cl2N2O4. The van der Waals surface area contributed by atoms with Crippen molar-refractivity contribution in [1.29, 1.82) is 0 Å². The maximum atomic E-state index is 12.7. The fourth-order valence-corrected chi connectivity index (χ4v) is 4.00. The quantitative estimate of drug-likeness (QED) is 0.733. The summed E-state index contributed by atoms with van der Waals surface area (Å²) < 4.78 is 9.61. The maximum absolute atomic E-state index is 12.7. The molecule has 0 radical (unpaired) electrons. The minimum atomic E-state index is -0.969. The van der Waals surface area contributed by atoms with Crippen molar-refractivity contribution in [1.82, 2.24) is 9.80 Å². The Bertz CT molecular complexity index is 746. The molecular weight excluding hydrogens is 367 g/mol. The molecule has 2 fully saturated rings. The van der Waals surface area contributed by atoms with Crippen molar-refractivity contribution in [2.75, 3.05) is 33.0 Å². The minimum Gasteiger partial charge on any atom is -0.454 e. The van der Waals surface area contributed by atoms with Crippen LogP contribution in [0.2, 0.25) is 0 Å². The summed E-state index contributed by atoms with van der Waals surface area (Å²) in [7, 11) is 0. The maximum Gasteiger partial charge on any atom is 0.254 e. The second-order valence-electron chi connectivity index (χ2n) is 6.87. The molecule has 1 unspecified atom stereocenters. The first-order valence-electron chi connectivity index (χ1n) is 8.18. The van der Waals surface area contributed by atoms with E-state index in [-0.39, 0.29) is 18.6 Å². The summed E-state index contributed by atoms with van der Waals surface area (Å²) >= 11 is 12.2. The van der Waals surface area contributed by atoms with Gasteiger partial charge in [0, 0.05) is 31.7 Å². The molecule has 6 nitrogen and oxygen atoms in total. The minimum absolute atomic E-state index is 0.0346. The molecule has 2 heterocycles. The van der Waals surface area contributed by atoms with Crippen molar-refractivity contribution in [3.8, 4) is 11.5 Å². The Morgan fingerprint density at radius 2 is 1.64 bits per heavy atom. The Balaban J connectivity index is 1.39. The van der Waals surface area contributed by atoms with Gasteiger partial charge in [-0.05, 0) is 31.5 Å². The molecule has 2 aliphatic heterocycles. The highest BCUT2D eigenvalue weighted by molar-refractivity contribution is 6.53. The lowest BCUT2D eigenvalue weighted by molar-refractivity contribution is -0.137. The highest BCUT2D eigenvalue weighted by Crippen LogP contribution is 2.64. The van der Waals surface area contributed by atoms with E-state index < -0.39 is 9.75 Å². The molecule has 3 aliphatic rings. The number of rotatable bonds is 2. The number of nitrogens with zero attached hydrogens (tertiary/aromatic N) is 2. The molecule has 0 spiro atoms. The summed E-state index contributed by atoms with van der Waals surface area (Å²) in [6, 6.07) is 5.17. The van der Waals surface area contributed by atoms with Crippen LogP contribution in [-0.4, -0.2) is 58.9 Å². The number of piperazine rings is 1. The lowest BCUT2D eigenvalue weighted by atomic mass is 10.1. The molecule has 1 aromatic rings. The van der Waals surface area contributed by atoms with Gasteiger partial charge in [-0.15, -0.1) is 23.2 Å². The largest absolute Gasteiger partial charge is 0.454 e. The van der Waals surface area contributed by atoms with Crippen molar-refractivity contribution >= 4 is 35.0 Å². The van der Waals surface area contributed by atoms with Crippen LogP contribution in [0.3, 0.4) is 0 Å². The summed E-state index contributed by atoms with van der Waals surface area (Å²) in [6.07, 6.45) is 0.471. The van der Waals surface area contributed by atoms with Gasteiger partial charge in [-0.2, -0.15) is 0 Å². The second-order valence-corrected chi connectivity index (χ2v) is 8.35. The Morgan fingerprint density at radius 1 is 1.04 bits per heavy atom. The van der Waals surface area contributed by atoms with Crippen LogP contribution >= 0.6 is 23.2 Å². The Hall–Kier alpha value is -1.66. The number of alkyl halides is 2. The van der Waals surface area contributed by atoms with Crippen LogP contribution in [-0.2, 0) is 4.79 Å².